The first-order valence-corrected chi connectivity index (χ1v) is 14.4. The Bertz CT molecular complexity index is 1140. The molecule has 0 saturated heterocycles. The van der Waals surface area contributed by atoms with Crippen LogP contribution in [0.15, 0.2) is 46.9 Å². The Labute approximate surface area is 222 Å². The van der Waals surface area contributed by atoms with Crippen molar-refractivity contribution in [1.82, 2.24) is 10.2 Å². The number of benzene rings is 2. The molecule has 1 unspecified atom stereocenters. The largest absolute Gasteiger partial charge is 0.352 e. The van der Waals surface area contributed by atoms with Gasteiger partial charge in [0.05, 0.1) is 11.9 Å². The molecule has 2 rings (SSSR count). The lowest BCUT2D eigenvalue weighted by atomic mass is 10.1. The van der Waals surface area contributed by atoms with E-state index in [0.29, 0.717) is 10.7 Å². The molecule has 0 radical (unpaired) electrons. The Morgan fingerprint density at radius 2 is 1.71 bits per heavy atom. The molecule has 7 nitrogen and oxygen atoms in total. The highest BCUT2D eigenvalue weighted by Gasteiger charge is 2.27. The van der Waals surface area contributed by atoms with Crippen molar-refractivity contribution in [2.45, 2.75) is 59.2 Å². The van der Waals surface area contributed by atoms with E-state index in [1.807, 2.05) is 45.0 Å². The van der Waals surface area contributed by atoms with E-state index in [2.05, 4.69) is 21.2 Å². The summed E-state index contributed by atoms with van der Waals surface area (Å²) in [5, 5.41) is 3.29. The van der Waals surface area contributed by atoms with Crippen LogP contribution >= 0.6 is 27.5 Å². The van der Waals surface area contributed by atoms with E-state index < -0.39 is 16.1 Å². The molecule has 2 aromatic rings. The van der Waals surface area contributed by atoms with Crippen LogP contribution in [-0.2, 0) is 26.2 Å². The van der Waals surface area contributed by atoms with Gasteiger partial charge < -0.3 is 10.2 Å². The van der Waals surface area contributed by atoms with Crippen molar-refractivity contribution >= 4 is 55.1 Å². The number of nitrogens with zero attached hydrogens (tertiary/aromatic N) is 2. The number of amides is 2. The van der Waals surface area contributed by atoms with E-state index >= 15 is 0 Å². The third kappa shape index (κ3) is 8.81. The summed E-state index contributed by atoms with van der Waals surface area (Å²) in [5.41, 5.74) is 2.14. The molecule has 0 aliphatic carbocycles. The zero-order valence-electron chi connectivity index (χ0n) is 20.7. The van der Waals surface area contributed by atoms with E-state index in [4.69, 9.17) is 11.6 Å². The van der Waals surface area contributed by atoms with Gasteiger partial charge in [-0.1, -0.05) is 45.7 Å². The van der Waals surface area contributed by atoms with Gasteiger partial charge >= 0.3 is 0 Å². The van der Waals surface area contributed by atoms with Gasteiger partial charge in [-0.2, -0.15) is 0 Å². The molecule has 0 spiro atoms. The van der Waals surface area contributed by atoms with E-state index in [9.17, 15) is 18.0 Å². The van der Waals surface area contributed by atoms with Crippen molar-refractivity contribution in [1.29, 1.82) is 0 Å². The summed E-state index contributed by atoms with van der Waals surface area (Å²) in [6.45, 7) is 7.62. The molecular formula is C25H33BrClN3O4S. The topological polar surface area (TPSA) is 86.8 Å². The zero-order chi connectivity index (χ0) is 26.3. The van der Waals surface area contributed by atoms with Crippen molar-refractivity contribution in [2.75, 3.05) is 17.1 Å². The highest BCUT2D eigenvalue weighted by molar-refractivity contribution is 9.10. The third-order valence-corrected chi connectivity index (χ3v) is 7.40. The minimum absolute atomic E-state index is 0.0566. The van der Waals surface area contributed by atoms with Crippen LogP contribution in [0.25, 0.3) is 0 Å². The van der Waals surface area contributed by atoms with E-state index in [-0.39, 0.29) is 43.8 Å². The van der Waals surface area contributed by atoms with Crippen molar-refractivity contribution in [2.24, 2.45) is 0 Å². The first kappa shape index (κ1) is 29.1. The predicted molar refractivity (Wildman–Crippen MR) is 145 cm³/mol. The summed E-state index contributed by atoms with van der Waals surface area (Å²) in [7, 11) is -3.59. The van der Waals surface area contributed by atoms with E-state index in [1.54, 1.807) is 25.1 Å². The Morgan fingerprint density at radius 1 is 1.09 bits per heavy atom. The second-order valence-electron chi connectivity index (χ2n) is 8.86. The van der Waals surface area contributed by atoms with Crippen molar-refractivity contribution in [3.63, 3.8) is 0 Å². The number of carbonyl (C=O) groups is 2. The highest BCUT2D eigenvalue weighted by atomic mass is 79.9. The maximum atomic E-state index is 13.3. The second kappa shape index (κ2) is 12.7. The van der Waals surface area contributed by atoms with Crippen molar-refractivity contribution in [3.05, 3.63) is 63.1 Å². The monoisotopic (exact) mass is 585 g/mol. The summed E-state index contributed by atoms with van der Waals surface area (Å²) < 4.78 is 27.2. The average molecular weight is 587 g/mol. The first-order valence-electron chi connectivity index (χ1n) is 11.4. The lowest BCUT2D eigenvalue weighted by molar-refractivity contribution is -0.140. The van der Waals surface area contributed by atoms with Gasteiger partial charge in [-0.25, -0.2) is 8.42 Å². The average Bonchev–Trinajstić information content (AvgIpc) is 2.76. The lowest BCUT2D eigenvalue weighted by Crippen LogP contribution is -2.49. The molecule has 2 aromatic carbocycles. The number of hydrogen-bond acceptors (Lipinski definition) is 4. The molecule has 0 aliphatic heterocycles. The normalized spacial score (nSPS) is 12.3. The van der Waals surface area contributed by atoms with E-state index in [1.165, 1.54) is 9.21 Å². The van der Waals surface area contributed by atoms with E-state index in [0.717, 1.165) is 21.9 Å². The fraction of sp³-hybridized carbons (Fsp3) is 0.440. The predicted octanol–water partition coefficient (Wildman–Crippen LogP) is 4.90. The van der Waals surface area contributed by atoms with Crippen molar-refractivity contribution < 1.29 is 18.0 Å². The number of anilines is 1. The molecule has 2 amide bonds. The van der Waals surface area contributed by atoms with Gasteiger partial charge in [-0.05, 0) is 69.5 Å². The molecule has 35 heavy (non-hydrogen) atoms. The van der Waals surface area contributed by atoms with Gasteiger partial charge in [0, 0.05) is 35.0 Å². The maximum Gasteiger partial charge on any atom is 0.242 e. The molecule has 0 aliphatic rings. The van der Waals surface area contributed by atoms with Crippen LogP contribution in [-0.4, -0.2) is 50.0 Å². The second-order valence-corrected chi connectivity index (χ2v) is 12.1. The quantitative estimate of drug-likeness (QED) is 0.406. The minimum Gasteiger partial charge on any atom is -0.352 e. The number of sulfonamides is 1. The Morgan fingerprint density at radius 3 is 2.29 bits per heavy atom. The molecule has 0 fully saturated rings. The van der Waals surface area contributed by atoms with Crippen LogP contribution in [0.2, 0.25) is 5.02 Å². The van der Waals surface area contributed by atoms with Gasteiger partial charge in [0.25, 0.3) is 0 Å². The maximum absolute atomic E-state index is 13.3. The van der Waals surface area contributed by atoms with Crippen LogP contribution in [0.4, 0.5) is 5.69 Å². The summed E-state index contributed by atoms with van der Waals surface area (Å²) >= 11 is 9.51. The number of aryl methyl sites for hydroxylation is 1. The first-order chi connectivity index (χ1) is 16.3. The Balaban J connectivity index is 2.20. The smallest absolute Gasteiger partial charge is 0.242 e. The SMILES string of the molecule is Cc1ccc(Cl)cc1N(CCCC(=O)N(Cc1ccc(Br)cc1)C(C)C(=O)NC(C)C)S(C)(=O)=O. The van der Waals surface area contributed by atoms with Crippen LogP contribution in [0.3, 0.4) is 0 Å². The molecule has 1 atom stereocenters. The van der Waals surface area contributed by atoms with Gasteiger partial charge in [0.1, 0.15) is 6.04 Å². The van der Waals surface area contributed by atoms with Crippen LogP contribution in [0.1, 0.15) is 44.7 Å². The molecule has 0 heterocycles. The number of nitrogens with one attached hydrogen (secondary N) is 1. The number of carbonyl (C=O) groups excluding carboxylic acids is 2. The molecule has 0 saturated carbocycles. The summed E-state index contributed by atoms with van der Waals surface area (Å²) in [6, 6.07) is 11.9. The molecule has 10 heteroatoms. The van der Waals surface area contributed by atoms with Gasteiger partial charge in [0.2, 0.25) is 21.8 Å². The Hall–Kier alpha value is -2.10. The number of halogens is 2. The Kier molecular flexibility index (Phi) is 10.6. The lowest BCUT2D eigenvalue weighted by Gasteiger charge is -2.30. The minimum atomic E-state index is -3.59. The molecule has 1 N–H and O–H groups in total. The fourth-order valence-electron chi connectivity index (χ4n) is 3.61. The summed E-state index contributed by atoms with van der Waals surface area (Å²) in [5.74, 6) is -0.464. The van der Waals surface area contributed by atoms with Crippen molar-refractivity contribution in [3.8, 4) is 0 Å². The molecule has 0 aromatic heterocycles. The molecule has 192 valence electrons. The molecule has 0 bridgehead atoms. The van der Waals surface area contributed by atoms with Crippen LogP contribution in [0.5, 0.6) is 0 Å². The summed E-state index contributed by atoms with van der Waals surface area (Å²) in [6.07, 6.45) is 1.50. The van der Waals surface area contributed by atoms with Gasteiger partial charge in [0.15, 0.2) is 0 Å². The van der Waals surface area contributed by atoms with Gasteiger partial charge in [-0.3, -0.25) is 13.9 Å². The van der Waals surface area contributed by atoms with Crippen LogP contribution < -0.4 is 9.62 Å². The summed E-state index contributed by atoms with van der Waals surface area (Å²) in [4.78, 5) is 27.5. The fourth-order valence-corrected chi connectivity index (χ4v) is 5.05. The van der Waals surface area contributed by atoms with Crippen LogP contribution in [0, 0.1) is 6.92 Å². The third-order valence-electron chi connectivity index (χ3n) is 5.46. The standard InChI is InChI=1S/C25H33BrClN3O4S/c1-17(2)28-25(32)19(4)29(16-20-9-11-21(26)12-10-20)24(31)7-6-14-30(35(5,33)34)23-15-22(27)13-8-18(23)3/h8-13,15,17,19H,6-7,14,16H2,1-5H3,(H,28,32). The highest BCUT2D eigenvalue weighted by Crippen LogP contribution is 2.27. The molecular weight excluding hydrogens is 554 g/mol. The number of rotatable bonds is 11. The van der Waals surface area contributed by atoms with Gasteiger partial charge in [-0.15, -0.1) is 0 Å². The number of hydrogen-bond donors (Lipinski definition) is 1. The zero-order valence-corrected chi connectivity index (χ0v) is 23.9.